The van der Waals surface area contributed by atoms with Crippen LogP contribution in [-0.4, -0.2) is 22.5 Å². The van der Waals surface area contributed by atoms with E-state index in [1.807, 2.05) is 25.1 Å². The molecule has 0 spiro atoms. The predicted octanol–water partition coefficient (Wildman–Crippen LogP) is 5.00. The van der Waals surface area contributed by atoms with Gasteiger partial charge in [0.05, 0.1) is 23.8 Å². The zero-order valence-corrected chi connectivity index (χ0v) is 15.3. The maximum absolute atomic E-state index is 9.66. The molecule has 2 aliphatic carbocycles. The molecule has 2 aromatic rings. The van der Waals surface area contributed by atoms with Crippen molar-refractivity contribution >= 4 is 11.6 Å². The number of hydrogen-bond acceptors (Lipinski definition) is 4. The zero-order chi connectivity index (χ0) is 17.4. The SMILES string of the molecule is Cc1cccc(Cl)c1-c1noc(C2CC2)c1COC1CCC(O)CC1. The van der Waals surface area contributed by atoms with Gasteiger partial charge in [0, 0.05) is 17.0 Å². The van der Waals surface area contributed by atoms with Crippen molar-refractivity contribution in [1.29, 1.82) is 0 Å². The van der Waals surface area contributed by atoms with Crippen molar-refractivity contribution in [2.45, 2.75) is 70.2 Å². The van der Waals surface area contributed by atoms with E-state index in [4.69, 9.17) is 20.9 Å². The van der Waals surface area contributed by atoms with Gasteiger partial charge in [-0.2, -0.15) is 0 Å². The van der Waals surface area contributed by atoms with Gasteiger partial charge >= 0.3 is 0 Å². The van der Waals surface area contributed by atoms with Gasteiger partial charge in [-0.15, -0.1) is 0 Å². The molecule has 2 aliphatic rings. The Labute approximate surface area is 153 Å². The number of nitrogens with zero attached hydrogens (tertiary/aromatic N) is 1. The third-order valence-electron chi connectivity index (χ3n) is 5.33. The molecule has 1 heterocycles. The van der Waals surface area contributed by atoms with Crippen LogP contribution in [0.2, 0.25) is 5.02 Å². The molecular weight excluding hydrogens is 338 g/mol. The van der Waals surface area contributed by atoms with Crippen LogP contribution in [0, 0.1) is 6.92 Å². The Balaban J connectivity index is 1.60. The maximum Gasteiger partial charge on any atom is 0.145 e. The maximum atomic E-state index is 9.66. The third kappa shape index (κ3) is 3.62. The molecule has 0 radical (unpaired) electrons. The number of aliphatic hydroxyl groups is 1. The third-order valence-corrected chi connectivity index (χ3v) is 5.65. The van der Waals surface area contributed by atoms with Crippen LogP contribution in [0.25, 0.3) is 11.3 Å². The standard InChI is InChI=1S/C20H24ClNO3/c1-12-3-2-4-17(21)18(12)19-16(20(25-22-19)13-5-6-13)11-24-15-9-7-14(23)8-10-15/h2-4,13-15,23H,5-11H2,1H3. The highest BCUT2D eigenvalue weighted by molar-refractivity contribution is 6.33. The van der Waals surface area contributed by atoms with Gasteiger partial charge in [-0.1, -0.05) is 28.9 Å². The number of ether oxygens (including phenoxy) is 1. The van der Waals surface area contributed by atoms with E-state index in [1.54, 1.807) is 0 Å². The Morgan fingerprint density at radius 2 is 1.96 bits per heavy atom. The van der Waals surface area contributed by atoms with Gasteiger partial charge in [-0.05, 0) is 57.1 Å². The Morgan fingerprint density at radius 1 is 1.20 bits per heavy atom. The van der Waals surface area contributed by atoms with Crippen molar-refractivity contribution < 1.29 is 14.4 Å². The van der Waals surface area contributed by atoms with Crippen LogP contribution in [0.5, 0.6) is 0 Å². The van der Waals surface area contributed by atoms with Crippen molar-refractivity contribution in [3.63, 3.8) is 0 Å². The van der Waals surface area contributed by atoms with E-state index in [2.05, 4.69) is 5.16 Å². The summed E-state index contributed by atoms with van der Waals surface area (Å²) in [4.78, 5) is 0. The molecule has 0 atom stereocenters. The fourth-order valence-electron chi connectivity index (χ4n) is 3.67. The summed E-state index contributed by atoms with van der Waals surface area (Å²) in [5.41, 5.74) is 3.90. The predicted molar refractivity (Wildman–Crippen MR) is 96.7 cm³/mol. The molecular formula is C20H24ClNO3. The highest BCUT2D eigenvalue weighted by atomic mass is 35.5. The molecule has 1 aromatic carbocycles. The van der Waals surface area contributed by atoms with Gasteiger partial charge < -0.3 is 14.4 Å². The number of hydrogen-bond donors (Lipinski definition) is 1. The van der Waals surface area contributed by atoms with E-state index in [0.717, 1.165) is 66.7 Å². The first-order chi connectivity index (χ1) is 12.1. The molecule has 0 aliphatic heterocycles. The molecule has 0 amide bonds. The highest BCUT2D eigenvalue weighted by Crippen LogP contribution is 2.45. The van der Waals surface area contributed by atoms with Crippen molar-refractivity contribution in [3.05, 3.63) is 40.1 Å². The summed E-state index contributed by atoms with van der Waals surface area (Å²) < 4.78 is 11.9. The molecule has 1 N–H and O–H groups in total. The average molecular weight is 362 g/mol. The van der Waals surface area contributed by atoms with Gasteiger partial charge in [0.1, 0.15) is 11.5 Å². The van der Waals surface area contributed by atoms with E-state index < -0.39 is 0 Å². The van der Waals surface area contributed by atoms with Crippen molar-refractivity contribution in [3.8, 4) is 11.3 Å². The first-order valence-corrected chi connectivity index (χ1v) is 9.55. The smallest absolute Gasteiger partial charge is 0.145 e. The molecule has 0 bridgehead atoms. The van der Waals surface area contributed by atoms with Crippen LogP contribution in [-0.2, 0) is 11.3 Å². The quantitative estimate of drug-likeness (QED) is 0.814. The molecule has 25 heavy (non-hydrogen) atoms. The normalized spacial score (nSPS) is 23.8. The Kier molecular flexibility index (Phi) is 4.85. The summed E-state index contributed by atoms with van der Waals surface area (Å²) in [6, 6.07) is 5.88. The number of rotatable bonds is 5. The molecule has 0 unspecified atom stereocenters. The Bertz CT molecular complexity index is 725. The van der Waals surface area contributed by atoms with E-state index >= 15 is 0 Å². The summed E-state index contributed by atoms with van der Waals surface area (Å²) >= 11 is 6.46. The zero-order valence-electron chi connectivity index (χ0n) is 14.5. The number of benzene rings is 1. The highest BCUT2D eigenvalue weighted by Gasteiger charge is 2.33. The van der Waals surface area contributed by atoms with Crippen LogP contribution in [0.4, 0.5) is 0 Å². The van der Waals surface area contributed by atoms with Gasteiger partial charge in [0.15, 0.2) is 0 Å². The second kappa shape index (κ2) is 7.10. The lowest BCUT2D eigenvalue weighted by Crippen LogP contribution is -2.24. The minimum atomic E-state index is -0.168. The van der Waals surface area contributed by atoms with Gasteiger partial charge in [0.2, 0.25) is 0 Å². The van der Waals surface area contributed by atoms with Gasteiger partial charge in [-0.3, -0.25) is 0 Å². The molecule has 134 valence electrons. The minimum Gasteiger partial charge on any atom is -0.393 e. The second-order valence-corrected chi connectivity index (χ2v) is 7.73. The number of aryl methyl sites for hydroxylation is 1. The second-order valence-electron chi connectivity index (χ2n) is 7.32. The first kappa shape index (κ1) is 17.1. The van der Waals surface area contributed by atoms with Crippen molar-refractivity contribution in [2.75, 3.05) is 0 Å². The summed E-state index contributed by atoms with van der Waals surface area (Å²) in [5.74, 6) is 1.43. The van der Waals surface area contributed by atoms with E-state index in [9.17, 15) is 5.11 Å². The number of aliphatic hydroxyl groups excluding tert-OH is 1. The number of aromatic nitrogens is 1. The van der Waals surface area contributed by atoms with Crippen LogP contribution in [0.3, 0.4) is 0 Å². The van der Waals surface area contributed by atoms with Crippen LogP contribution < -0.4 is 0 Å². The molecule has 0 saturated heterocycles. The van der Waals surface area contributed by atoms with Crippen LogP contribution >= 0.6 is 11.6 Å². The van der Waals surface area contributed by atoms with Gasteiger partial charge in [0.25, 0.3) is 0 Å². The molecule has 1 aromatic heterocycles. The summed E-state index contributed by atoms with van der Waals surface area (Å²) in [6.45, 7) is 2.54. The van der Waals surface area contributed by atoms with Crippen LogP contribution in [0.15, 0.2) is 22.7 Å². The topological polar surface area (TPSA) is 55.5 Å². The monoisotopic (exact) mass is 361 g/mol. The lowest BCUT2D eigenvalue weighted by Gasteiger charge is -2.25. The lowest BCUT2D eigenvalue weighted by molar-refractivity contribution is -0.0121. The molecule has 4 rings (SSSR count). The molecule has 2 fully saturated rings. The molecule has 2 saturated carbocycles. The Morgan fingerprint density at radius 3 is 2.64 bits per heavy atom. The largest absolute Gasteiger partial charge is 0.393 e. The average Bonchev–Trinajstić information content (AvgIpc) is 3.36. The van der Waals surface area contributed by atoms with E-state index in [1.165, 1.54) is 0 Å². The fraction of sp³-hybridized carbons (Fsp3) is 0.550. The van der Waals surface area contributed by atoms with Crippen molar-refractivity contribution in [1.82, 2.24) is 5.16 Å². The Hall–Kier alpha value is -1.36. The fourth-order valence-corrected chi connectivity index (χ4v) is 3.98. The van der Waals surface area contributed by atoms with Gasteiger partial charge in [-0.25, -0.2) is 0 Å². The van der Waals surface area contributed by atoms with Crippen molar-refractivity contribution in [2.24, 2.45) is 0 Å². The summed E-state index contributed by atoms with van der Waals surface area (Å²) in [6.07, 6.45) is 5.79. The number of halogens is 1. The molecule has 4 nitrogen and oxygen atoms in total. The first-order valence-electron chi connectivity index (χ1n) is 9.17. The molecule has 5 heteroatoms. The lowest BCUT2D eigenvalue weighted by atomic mass is 9.95. The van der Waals surface area contributed by atoms with E-state index in [-0.39, 0.29) is 12.2 Å². The van der Waals surface area contributed by atoms with E-state index in [0.29, 0.717) is 17.5 Å². The minimum absolute atomic E-state index is 0.168. The summed E-state index contributed by atoms with van der Waals surface area (Å²) in [7, 11) is 0. The van der Waals surface area contributed by atoms with Crippen LogP contribution in [0.1, 0.15) is 61.3 Å². The summed E-state index contributed by atoms with van der Waals surface area (Å²) in [5, 5.41) is 14.7.